The molecule has 276 valence electrons. The summed E-state index contributed by atoms with van der Waals surface area (Å²) in [4.78, 5) is 7.90. The smallest absolute Gasteiger partial charge is 0.252 e. The summed E-state index contributed by atoms with van der Waals surface area (Å²) in [5, 5.41) is 0. The second-order valence-corrected chi connectivity index (χ2v) is 18.1. The van der Waals surface area contributed by atoms with Gasteiger partial charge in [0.2, 0.25) is 0 Å². The highest BCUT2D eigenvalue weighted by Crippen LogP contribution is 2.62. The molecule has 2 atom stereocenters. The molecule has 4 heteroatoms. The molecule has 0 saturated heterocycles. The van der Waals surface area contributed by atoms with E-state index in [2.05, 4.69) is 200 Å². The maximum absolute atomic E-state index is 2.81. The van der Waals surface area contributed by atoms with E-state index in [9.17, 15) is 0 Å². The van der Waals surface area contributed by atoms with Gasteiger partial charge in [-0.3, -0.25) is 0 Å². The summed E-state index contributed by atoms with van der Waals surface area (Å²) in [6.45, 7) is 10.0. The van der Waals surface area contributed by atoms with Crippen LogP contribution in [0.25, 0.3) is 11.1 Å². The summed E-state index contributed by atoms with van der Waals surface area (Å²) in [6, 6.07) is 60.1. The Kier molecular flexibility index (Phi) is 6.72. The van der Waals surface area contributed by atoms with Crippen molar-refractivity contribution in [3.8, 4) is 11.1 Å². The Bertz CT molecular complexity index is 2810. The molecule has 0 amide bonds. The summed E-state index contributed by atoms with van der Waals surface area (Å²) in [5.74, 6) is 0. The van der Waals surface area contributed by atoms with E-state index in [1.54, 1.807) is 0 Å². The fourth-order valence-electron chi connectivity index (χ4n) is 11.7. The van der Waals surface area contributed by atoms with E-state index in [4.69, 9.17) is 0 Å². The van der Waals surface area contributed by atoms with Crippen LogP contribution in [-0.4, -0.2) is 12.3 Å². The zero-order chi connectivity index (χ0) is 38.3. The molecule has 12 rings (SSSR count). The largest absolute Gasteiger partial charge is 0.335 e. The lowest BCUT2D eigenvalue weighted by atomic mass is 9.33. The molecule has 4 aliphatic heterocycles. The van der Waals surface area contributed by atoms with Crippen LogP contribution in [0, 0.1) is 0 Å². The van der Waals surface area contributed by atoms with Gasteiger partial charge in [-0.05, 0) is 125 Å². The molecule has 1 fully saturated rings. The summed E-state index contributed by atoms with van der Waals surface area (Å²) >= 11 is 0. The molecule has 3 nitrogen and oxygen atoms in total. The van der Waals surface area contributed by atoms with Gasteiger partial charge in [-0.15, -0.1) is 0 Å². The van der Waals surface area contributed by atoms with E-state index in [-0.39, 0.29) is 23.1 Å². The van der Waals surface area contributed by atoms with Crippen LogP contribution in [0.15, 0.2) is 158 Å². The van der Waals surface area contributed by atoms with Crippen molar-refractivity contribution >= 4 is 68.6 Å². The molecule has 1 saturated carbocycles. The predicted molar refractivity (Wildman–Crippen MR) is 241 cm³/mol. The molecule has 0 N–H and O–H groups in total. The lowest BCUT2D eigenvalue weighted by molar-refractivity contribution is 0.195. The van der Waals surface area contributed by atoms with Gasteiger partial charge in [0.05, 0.1) is 5.54 Å². The number of nitrogens with zero attached hydrogens (tertiary/aromatic N) is 3. The van der Waals surface area contributed by atoms with E-state index < -0.39 is 0 Å². The molecular weight excluding hydrogens is 689 g/mol. The molecule has 7 aromatic rings. The highest BCUT2D eigenvalue weighted by Gasteiger charge is 2.61. The molecule has 2 unspecified atom stereocenters. The van der Waals surface area contributed by atoms with E-state index in [0.717, 1.165) is 17.1 Å². The number of benzene rings is 7. The van der Waals surface area contributed by atoms with Gasteiger partial charge >= 0.3 is 0 Å². The van der Waals surface area contributed by atoms with E-state index in [1.807, 2.05) is 0 Å². The summed E-state index contributed by atoms with van der Waals surface area (Å²) < 4.78 is 0. The van der Waals surface area contributed by atoms with Gasteiger partial charge in [-0.1, -0.05) is 131 Å². The molecule has 0 spiro atoms. The number of fused-ring (bicyclic) bond motifs is 14. The van der Waals surface area contributed by atoms with Crippen molar-refractivity contribution in [3.63, 3.8) is 0 Å². The van der Waals surface area contributed by atoms with Crippen LogP contribution in [0.4, 0.5) is 45.5 Å². The molecule has 0 aromatic heterocycles. The third kappa shape index (κ3) is 4.34. The Hall–Kier alpha value is -6.00. The first-order valence-corrected chi connectivity index (χ1v) is 20.9. The van der Waals surface area contributed by atoms with Gasteiger partial charge in [0.25, 0.3) is 6.71 Å². The first kappa shape index (κ1) is 33.2. The van der Waals surface area contributed by atoms with Crippen LogP contribution in [0.1, 0.15) is 70.1 Å². The number of hydrogen-bond acceptors (Lipinski definition) is 3. The van der Waals surface area contributed by atoms with Crippen LogP contribution < -0.4 is 31.1 Å². The average molecular weight is 736 g/mol. The molecule has 1 aliphatic carbocycles. The minimum absolute atomic E-state index is 0.0151. The lowest BCUT2D eigenvalue weighted by Crippen LogP contribution is -2.64. The molecule has 4 heterocycles. The topological polar surface area (TPSA) is 9.72 Å². The highest BCUT2D eigenvalue weighted by atomic mass is 15.3. The molecule has 6 bridgehead atoms. The maximum atomic E-state index is 2.81. The molecular formula is C53H46BN3. The molecule has 0 radical (unpaired) electrons. The first-order valence-electron chi connectivity index (χ1n) is 20.9. The van der Waals surface area contributed by atoms with Crippen LogP contribution in [0.2, 0.25) is 0 Å². The highest BCUT2D eigenvalue weighted by molar-refractivity contribution is 7.00. The van der Waals surface area contributed by atoms with E-state index in [1.165, 1.54) is 98.3 Å². The van der Waals surface area contributed by atoms with Gasteiger partial charge in [-0.25, -0.2) is 0 Å². The second-order valence-electron chi connectivity index (χ2n) is 18.1. The van der Waals surface area contributed by atoms with E-state index in [0.29, 0.717) is 0 Å². The van der Waals surface area contributed by atoms with Crippen molar-refractivity contribution in [1.82, 2.24) is 0 Å². The third-order valence-electron chi connectivity index (χ3n) is 15.0. The summed E-state index contributed by atoms with van der Waals surface area (Å²) in [7, 11) is 0. The van der Waals surface area contributed by atoms with Crippen molar-refractivity contribution in [3.05, 3.63) is 174 Å². The SMILES string of the molecule is CC1(C)c2cccc(c2)N(c2cccc(-c3ccccc3)c2)c2ccc3c(c2)N(c2cccc1c2)c1ccc2c4c1B3c1ccccc1N4C1(C)CCCCC21C. The molecule has 5 aliphatic rings. The fourth-order valence-corrected chi connectivity index (χ4v) is 11.7. The van der Waals surface area contributed by atoms with Gasteiger partial charge in [-0.2, -0.15) is 0 Å². The normalized spacial score (nSPS) is 21.5. The Morgan fingerprint density at radius 2 is 1.11 bits per heavy atom. The number of anilines is 8. The number of para-hydroxylation sites is 1. The zero-order valence-corrected chi connectivity index (χ0v) is 33.3. The van der Waals surface area contributed by atoms with Crippen molar-refractivity contribution < 1.29 is 0 Å². The summed E-state index contributed by atoms with van der Waals surface area (Å²) in [5.41, 5.74) is 20.7. The van der Waals surface area contributed by atoms with Crippen LogP contribution in [0.5, 0.6) is 0 Å². The Morgan fingerprint density at radius 3 is 1.89 bits per heavy atom. The maximum Gasteiger partial charge on any atom is 0.252 e. The minimum atomic E-state index is -0.238. The minimum Gasteiger partial charge on any atom is -0.335 e. The quantitative estimate of drug-likeness (QED) is 0.164. The van der Waals surface area contributed by atoms with Gasteiger partial charge in [0, 0.05) is 56.3 Å². The van der Waals surface area contributed by atoms with Crippen LogP contribution in [-0.2, 0) is 10.8 Å². The van der Waals surface area contributed by atoms with Crippen LogP contribution >= 0.6 is 0 Å². The van der Waals surface area contributed by atoms with Gasteiger partial charge in [0.15, 0.2) is 0 Å². The zero-order valence-electron chi connectivity index (χ0n) is 33.3. The average Bonchev–Trinajstić information content (AvgIpc) is 3.46. The Morgan fingerprint density at radius 1 is 0.474 bits per heavy atom. The first-order chi connectivity index (χ1) is 27.8. The van der Waals surface area contributed by atoms with Crippen molar-refractivity contribution in [2.75, 3.05) is 14.7 Å². The Balaban J connectivity index is 1.16. The lowest BCUT2D eigenvalue weighted by Gasteiger charge is -2.52. The van der Waals surface area contributed by atoms with Crippen molar-refractivity contribution in [2.45, 2.75) is 69.7 Å². The van der Waals surface area contributed by atoms with Gasteiger partial charge in [0.1, 0.15) is 0 Å². The van der Waals surface area contributed by atoms with E-state index >= 15 is 0 Å². The van der Waals surface area contributed by atoms with Crippen molar-refractivity contribution in [2.24, 2.45) is 0 Å². The fraction of sp³-hybridized carbons (Fsp3) is 0.208. The van der Waals surface area contributed by atoms with Crippen molar-refractivity contribution in [1.29, 1.82) is 0 Å². The number of hydrogen-bond donors (Lipinski definition) is 0. The monoisotopic (exact) mass is 735 g/mol. The second kappa shape index (κ2) is 11.5. The Labute approximate surface area is 337 Å². The van der Waals surface area contributed by atoms with Crippen LogP contribution in [0.3, 0.4) is 0 Å². The molecule has 7 aromatic carbocycles. The summed E-state index contributed by atoms with van der Waals surface area (Å²) in [6.07, 6.45) is 4.99. The predicted octanol–water partition coefficient (Wildman–Crippen LogP) is 11.8. The molecule has 57 heavy (non-hydrogen) atoms. The third-order valence-corrected chi connectivity index (χ3v) is 15.0. The van der Waals surface area contributed by atoms with Gasteiger partial charge < -0.3 is 14.7 Å². The standard InChI is InChI=1S/C53H46BN3/c1-51(2)37-18-13-21-40(32-37)55(39-20-12-17-36(31-39)35-15-6-5-7-16-35)42-25-27-45-48(34-42)56(41-22-14-19-38(51)33-41)47-28-26-43-50-49(47)54(45)44-23-8-9-24-46(44)57(50)53(4)30-11-10-29-52(43,53)3/h5-9,12-28,31-34H,10-11,29-30H2,1-4H3. The number of rotatable bonds is 2.